The van der Waals surface area contributed by atoms with Gasteiger partial charge in [-0.15, -0.1) is 0 Å². The summed E-state index contributed by atoms with van der Waals surface area (Å²) in [5.41, 5.74) is 6.71. The average Bonchev–Trinajstić information content (AvgIpc) is 2.38. The van der Waals surface area contributed by atoms with Crippen molar-refractivity contribution in [2.75, 3.05) is 24.3 Å². The van der Waals surface area contributed by atoms with E-state index in [1.807, 2.05) is 0 Å². The summed E-state index contributed by atoms with van der Waals surface area (Å²) in [6.07, 6.45) is 2.05. The van der Waals surface area contributed by atoms with Crippen LogP contribution in [0.3, 0.4) is 0 Å². The first-order chi connectivity index (χ1) is 9.38. The highest BCUT2D eigenvalue weighted by molar-refractivity contribution is 7.89. The molecule has 1 aliphatic heterocycles. The van der Waals surface area contributed by atoms with Gasteiger partial charge in [0.15, 0.2) is 0 Å². The van der Waals surface area contributed by atoms with Crippen molar-refractivity contribution in [3.05, 3.63) is 18.2 Å². The zero-order valence-electron chi connectivity index (χ0n) is 11.5. The molecule has 1 atom stereocenters. The molecule has 1 aromatic carbocycles. The molecule has 0 bridgehead atoms. The minimum absolute atomic E-state index is 0.0400. The summed E-state index contributed by atoms with van der Waals surface area (Å²) in [5.74, 6) is 0.544. The highest BCUT2D eigenvalue weighted by Crippen LogP contribution is 2.25. The summed E-state index contributed by atoms with van der Waals surface area (Å²) < 4.78 is 27.9. The van der Waals surface area contributed by atoms with Crippen LogP contribution in [0.4, 0.5) is 11.4 Å². The van der Waals surface area contributed by atoms with E-state index in [1.165, 1.54) is 6.07 Å². The predicted molar refractivity (Wildman–Crippen MR) is 78.9 cm³/mol. The molecular formula is C13H21N3O3S. The lowest BCUT2D eigenvalue weighted by atomic mass is 9.93. The van der Waals surface area contributed by atoms with Crippen LogP contribution in [0.1, 0.15) is 19.8 Å². The molecule has 0 aliphatic carbocycles. The molecule has 2 rings (SSSR count). The van der Waals surface area contributed by atoms with Gasteiger partial charge < -0.3 is 15.8 Å². The van der Waals surface area contributed by atoms with Gasteiger partial charge in [-0.3, -0.25) is 0 Å². The highest BCUT2D eigenvalue weighted by atomic mass is 32.2. The number of sulfonamides is 1. The van der Waals surface area contributed by atoms with E-state index in [1.54, 1.807) is 12.1 Å². The van der Waals surface area contributed by atoms with Crippen LogP contribution in [0.5, 0.6) is 0 Å². The van der Waals surface area contributed by atoms with Gasteiger partial charge >= 0.3 is 0 Å². The Morgan fingerprint density at radius 2 is 2.00 bits per heavy atom. The van der Waals surface area contributed by atoms with Crippen LogP contribution in [-0.4, -0.2) is 27.7 Å². The van der Waals surface area contributed by atoms with E-state index in [-0.39, 0.29) is 16.6 Å². The molecule has 1 aromatic rings. The fourth-order valence-electron chi connectivity index (χ4n) is 2.49. The number of hydrogen-bond donors (Lipinski definition) is 3. The zero-order valence-corrected chi connectivity index (χ0v) is 12.3. The number of nitrogens with one attached hydrogen (secondary N) is 1. The van der Waals surface area contributed by atoms with Crippen molar-refractivity contribution >= 4 is 21.4 Å². The first-order valence-electron chi connectivity index (χ1n) is 6.64. The lowest BCUT2D eigenvalue weighted by Crippen LogP contribution is -2.31. The Morgan fingerprint density at radius 3 is 2.55 bits per heavy atom. The van der Waals surface area contributed by atoms with Gasteiger partial charge in [0, 0.05) is 24.9 Å². The molecule has 0 spiro atoms. The number of anilines is 2. The van der Waals surface area contributed by atoms with Gasteiger partial charge in [0.05, 0.1) is 5.69 Å². The van der Waals surface area contributed by atoms with Crippen molar-refractivity contribution in [2.45, 2.75) is 30.7 Å². The van der Waals surface area contributed by atoms with Crippen molar-refractivity contribution in [1.82, 2.24) is 0 Å². The molecule has 6 nitrogen and oxygen atoms in total. The Morgan fingerprint density at radius 1 is 1.35 bits per heavy atom. The van der Waals surface area contributed by atoms with Crippen molar-refractivity contribution < 1.29 is 13.2 Å². The van der Waals surface area contributed by atoms with Gasteiger partial charge in [-0.1, -0.05) is 0 Å². The lowest BCUT2D eigenvalue weighted by Gasteiger charge is -2.29. The van der Waals surface area contributed by atoms with Crippen LogP contribution >= 0.6 is 0 Å². The number of benzene rings is 1. The van der Waals surface area contributed by atoms with E-state index >= 15 is 0 Å². The number of nitrogens with two attached hydrogens (primary N) is 2. The third-order valence-corrected chi connectivity index (χ3v) is 4.67. The van der Waals surface area contributed by atoms with Gasteiger partial charge in [-0.2, -0.15) is 0 Å². The molecule has 1 aliphatic rings. The molecule has 0 aromatic heterocycles. The molecule has 1 saturated heterocycles. The van der Waals surface area contributed by atoms with Crippen LogP contribution < -0.4 is 16.2 Å². The fourth-order valence-corrected chi connectivity index (χ4v) is 3.14. The largest absolute Gasteiger partial charge is 0.398 e. The Hall–Kier alpha value is -1.31. The predicted octanol–water partition coefficient (Wildman–Crippen LogP) is 1.14. The Kier molecular flexibility index (Phi) is 4.52. The van der Waals surface area contributed by atoms with Crippen LogP contribution in [0.25, 0.3) is 0 Å². The molecule has 112 valence electrons. The molecule has 0 amide bonds. The van der Waals surface area contributed by atoms with Crippen molar-refractivity contribution in [3.8, 4) is 0 Å². The van der Waals surface area contributed by atoms with E-state index in [0.717, 1.165) is 31.7 Å². The Balaban J connectivity index is 2.08. The van der Waals surface area contributed by atoms with Crippen LogP contribution in [-0.2, 0) is 14.8 Å². The molecular weight excluding hydrogens is 278 g/mol. The summed E-state index contributed by atoms with van der Waals surface area (Å²) in [7, 11) is -3.77. The maximum absolute atomic E-state index is 11.3. The lowest BCUT2D eigenvalue weighted by molar-refractivity contribution is 0.0622. The molecule has 7 heteroatoms. The number of hydrogen-bond acceptors (Lipinski definition) is 5. The van der Waals surface area contributed by atoms with Gasteiger partial charge in [0.1, 0.15) is 4.90 Å². The van der Waals surface area contributed by atoms with Gasteiger partial charge in [0.25, 0.3) is 0 Å². The van der Waals surface area contributed by atoms with Crippen LogP contribution in [0.2, 0.25) is 0 Å². The second kappa shape index (κ2) is 5.99. The topological polar surface area (TPSA) is 107 Å². The normalized spacial score (nSPS) is 18.7. The molecule has 1 unspecified atom stereocenters. The van der Waals surface area contributed by atoms with E-state index in [4.69, 9.17) is 15.6 Å². The smallest absolute Gasteiger partial charge is 0.240 e. The van der Waals surface area contributed by atoms with E-state index in [9.17, 15) is 8.42 Å². The molecule has 20 heavy (non-hydrogen) atoms. The second-order valence-corrected chi connectivity index (χ2v) is 6.71. The van der Waals surface area contributed by atoms with E-state index < -0.39 is 10.0 Å². The average molecular weight is 299 g/mol. The highest BCUT2D eigenvalue weighted by Gasteiger charge is 2.20. The molecule has 1 heterocycles. The molecule has 1 fully saturated rings. The van der Waals surface area contributed by atoms with Gasteiger partial charge in [0.2, 0.25) is 10.0 Å². The summed E-state index contributed by atoms with van der Waals surface area (Å²) >= 11 is 0. The standard InChI is InChI=1S/C13H21N3O3S/c1-9(10-4-6-19-7-5-10)16-11-2-3-13(12(14)8-11)20(15,17)18/h2-3,8-10,16H,4-7,14H2,1H3,(H2,15,17,18). The third-order valence-electron chi connectivity index (χ3n) is 3.68. The van der Waals surface area contributed by atoms with Crippen LogP contribution in [0, 0.1) is 5.92 Å². The number of nitrogen functional groups attached to an aromatic ring is 1. The second-order valence-electron chi connectivity index (χ2n) is 5.18. The first kappa shape index (κ1) is 15.1. The number of primary sulfonamides is 1. The van der Waals surface area contributed by atoms with Crippen molar-refractivity contribution in [2.24, 2.45) is 11.1 Å². The summed E-state index contributed by atoms with van der Waals surface area (Å²) in [6.45, 7) is 3.70. The summed E-state index contributed by atoms with van der Waals surface area (Å²) in [6, 6.07) is 5.00. The molecule has 0 radical (unpaired) electrons. The summed E-state index contributed by atoms with van der Waals surface area (Å²) in [5, 5.41) is 8.44. The van der Waals surface area contributed by atoms with Crippen LogP contribution in [0.15, 0.2) is 23.1 Å². The zero-order chi connectivity index (χ0) is 14.8. The minimum atomic E-state index is -3.77. The van der Waals surface area contributed by atoms with E-state index in [0.29, 0.717) is 5.92 Å². The Bertz CT molecular complexity index is 568. The maximum atomic E-state index is 11.3. The Labute approximate surface area is 119 Å². The first-order valence-corrected chi connectivity index (χ1v) is 8.19. The van der Waals surface area contributed by atoms with Gasteiger partial charge in [-0.05, 0) is 43.9 Å². The maximum Gasteiger partial charge on any atom is 0.240 e. The van der Waals surface area contributed by atoms with Crippen molar-refractivity contribution in [3.63, 3.8) is 0 Å². The third kappa shape index (κ3) is 3.62. The van der Waals surface area contributed by atoms with E-state index in [2.05, 4.69) is 12.2 Å². The minimum Gasteiger partial charge on any atom is -0.398 e. The molecule has 0 saturated carbocycles. The SMILES string of the molecule is CC(Nc1ccc(S(N)(=O)=O)c(N)c1)C1CCOCC1. The summed E-state index contributed by atoms with van der Waals surface area (Å²) in [4.78, 5) is -0.0400. The monoisotopic (exact) mass is 299 g/mol. The fraction of sp³-hybridized carbons (Fsp3) is 0.538. The number of ether oxygens (including phenoxy) is 1. The van der Waals surface area contributed by atoms with Gasteiger partial charge in [-0.25, -0.2) is 13.6 Å². The number of rotatable bonds is 4. The molecule has 5 N–H and O–H groups in total. The van der Waals surface area contributed by atoms with Crippen molar-refractivity contribution in [1.29, 1.82) is 0 Å². The quantitative estimate of drug-likeness (QED) is 0.723.